The number of benzene rings is 3. The van der Waals surface area contributed by atoms with Gasteiger partial charge in [-0.3, -0.25) is 14.5 Å². The molecule has 1 aliphatic heterocycles. The lowest BCUT2D eigenvalue weighted by atomic mass is 9.98. The summed E-state index contributed by atoms with van der Waals surface area (Å²) in [6.45, 7) is 8.02. The van der Waals surface area contributed by atoms with Crippen molar-refractivity contribution < 1.29 is 24.3 Å². The summed E-state index contributed by atoms with van der Waals surface area (Å²) in [4.78, 5) is 41.2. The van der Waals surface area contributed by atoms with E-state index in [1.807, 2.05) is 43.3 Å². The van der Waals surface area contributed by atoms with Gasteiger partial charge in [0.2, 0.25) is 0 Å². The highest BCUT2D eigenvalue weighted by atomic mass is 16.7. The molecular formula is C33H37N5O5. The van der Waals surface area contributed by atoms with E-state index in [4.69, 9.17) is 14.6 Å². The number of aliphatic imine (C=N–C) groups is 1. The van der Waals surface area contributed by atoms with Crippen molar-refractivity contribution in [1.82, 2.24) is 20.3 Å². The van der Waals surface area contributed by atoms with Crippen molar-refractivity contribution in [1.29, 1.82) is 0 Å². The van der Waals surface area contributed by atoms with Crippen molar-refractivity contribution >= 4 is 34.2 Å². The lowest BCUT2D eigenvalue weighted by Gasteiger charge is -2.31. The Kier molecular flexibility index (Phi) is 9.20. The molecule has 1 amide bonds. The summed E-state index contributed by atoms with van der Waals surface area (Å²) in [5.74, 6) is -0.773. The van der Waals surface area contributed by atoms with Crippen LogP contribution in [-0.4, -0.2) is 90.6 Å². The predicted octanol–water partition coefficient (Wildman–Crippen LogP) is 4.43. The number of nitrogens with one attached hydrogen (secondary N) is 2. The highest BCUT2D eigenvalue weighted by Crippen LogP contribution is 2.33. The van der Waals surface area contributed by atoms with E-state index in [2.05, 4.69) is 22.1 Å². The topological polar surface area (TPSA) is 119 Å². The summed E-state index contributed by atoms with van der Waals surface area (Å²) in [5.41, 5.74) is 4.61. The number of aromatic nitrogens is 1. The zero-order valence-corrected chi connectivity index (χ0v) is 24.9. The first-order chi connectivity index (χ1) is 20.7. The van der Waals surface area contributed by atoms with Crippen LogP contribution < -0.4 is 5.32 Å². The highest BCUT2D eigenvalue weighted by Gasteiger charge is 2.22. The number of hydrogen-bond donors (Lipinski definition) is 3. The molecule has 43 heavy (non-hydrogen) atoms. The van der Waals surface area contributed by atoms with Crippen LogP contribution in [-0.2, 0) is 9.57 Å². The van der Waals surface area contributed by atoms with Crippen molar-refractivity contribution in [3.8, 4) is 5.88 Å². The van der Waals surface area contributed by atoms with Crippen molar-refractivity contribution in [2.75, 3.05) is 46.9 Å². The largest absolute Gasteiger partial charge is 0.494 e. The fourth-order valence-corrected chi connectivity index (χ4v) is 5.34. The SMILES string of the molecule is COC(=O)c1cc2[nH]c(O)c(C(=Nc3ccc(C(=O)N(C)OCCN4CCN[C@H](C)C4)cc3)c3ccccc3)c2cc1C. The summed E-state index contributed by atoms with van der Waals surface area (Å²) >= 11 is 0. The lowest BCUT2D eigenvalue weighted by Crippen LogP contribution is -2.50. The molecule has 2 heterocycles. The Balaban J connectivity index is 1.39. The van der Waals surface area contributed by atoms with Crippen LogP contribution in [0.2, 0.25) is 0 Å². The summed E-state index contributed by atoms with van der Waals surface area (Å²) in [7, 11) is 2.96. The number of aromatic amines is 1. The maximum atomic E-state index is 13.0. The van der Waals surface area contributed by atoms with E-state index in [0.29, 0.717) is 57.2 Å². The summed E-state index contributed by atoms with van der Waals surface area (Å²) in [6.07, 6.45) is 0. The van der Waals surface area contributed by atoms with E-state index in [1.54, 1.807) is 37.4 Å². The minimum atomic E-state index is -0.452. The van der Waals surface area contributed by atoms with E-state index in [0.717, 1.165) is 31.7 Å². The molecule has 3 N–H and O–H groups in total. The number of carbonyl (C=O) groups excluding carboxylic acids is 2. The van der Waals surface area contributed by atoms with Gasteiger partial charge in [-0.05, 0) is 55.8 Å². The number of aromatic hydroxyl groups is 1. The molecule has 1 aromatic heterocycles. The van der Waals surface area contributed by atoms with Crippen LogP contribution in [0.15, 0.2) is 71.7 Å². The molecule has 10 heteroatoms. The molecular weight excluding hydrogens is 546 g/mol. The predicted molar refractivity (Wildman–Crippen MR) is 166 cm³/mol. The van der Waals surface area contributed by atoms with Gasteiger partial charge in [-0.25, -0.2) is 14.9 Å². The minimum Gasteiger partial charge on any atom is -0.494 e. The average molecular weight is 584 g/mol. The molecule has 0 saturated carbocycles. The van der Waals surface area contributed by atoms with Gasteiger partial charge in [-0.2, -0.15) is 0 Å². The maximum Gasteiger partial charge on any atom is 0.338 e. The second-order valence-electron chi connectivity index (χ2n) is 10.7. The van der Waals surface area contributed by atoms with Gasteiger partial charge in [-0.15, -0.1) is 0 Å². The molecule has 0 radical (unpaired) electrons. The first kappa shape index (κ1) is 30.0. The molecule has 0 spiro atoms. The zero-order chi connectivity index (χ0) is 30.5. The standard InChI is InChI=1S/C33H37N5O5/c1-21-18-27-28(19-26(21)33(41)42-4)36-31(39)29(27)30(23-8-6-5-7-9-23)35-25-12-10-24(11-13-25)32(40)37(3)43-17-16-38-15-14-34-22(2)20-38/h5-13,18-19,22,34,36,39H,14-17,20H2,1-4H3/t22-/m1/s1. The number of aryl methyl sites for hydroxylation is 1. The first-order valence-corrected chi connectivity index (χ1v) is 14.3. The molecule has 4 aromatic rings. The molecule has 10 nitrogen and oxygen atoms in total. The normalized spacial score (nSPS) is 15.9. The molecule has 1 fully saturated rings. The van der Waals surface area contributed by atoms with Crippen molar-refractivity contribution in [2.45, 2.75) is 19.9 Å². The molecule has 1 saturated heterocycles. The Morgan fingerprint density at radius 2 is 1.84 bits per heavy atom. The smallest absolute Gasteiger partial charge is 0.338 e. The number of hydrogen-bond acceptors (Lipinski definition) is 8. The molecule has 0 aliphatic carbocycles. The Bertz CT molecular complexity index is 1630. The Morgan fingerprint density at radius 1 is 1.09 bits per heavy atom. The number of ether oxygens (including phenoxy) is 1. The molecule has 0 bridgehead atoms. The number of fused-ring (bicyclic) bond motifs is 1. The van der Waals surface area contributed by atoms with Gasteiger partial charge in [-0.1, -0.05) is 30.3 Å². The number of carbonyl (C=O) groups is 2. The van der Waals surface area contributed by atoms with E-state index in [1.165, 1.54) is 12.2 Å². The maximum absolute atomic E-state index is 13.0. The Morgan fingerprint density at radius 3 is 2.53 bits per heavy atom. The van der Waals surface area contributed by atoms with Gasteiger partial charge < -0.3 is 20.1 Å². The van der Waals surface area contributed by atoms with Crippen molar-refractivity contribution in [2.24, 2.45) is 4.99 Å². The molecule has 1 aliphatic rings. The number of esters is 1. The Hall–Kier alpha value is -4.51. The van der Waals surface area contributed by atoms with Crippen LogP contribution in [0.5, 0.6) is 5.88 Å². The first-order valence-electron chi connectivity index (χ1n) is 14.3. The second kappa shape index (κ2) is 13.2. The number of H-pyrrole nitrogens is 1. The number of nitrogens with zero attached hydrogens (tertiary/aromatic N) is 3. The van der Waals surface area contributed by atoms with Gasteiger partial charge in [0, 0.05) is 61.3 Å². The van der Waals surface area contributed by atoms with E-state index in [-0.39, 0.29) is 11.8 Å². The fourth-order valence-electron chi connectivity index (χ4n) is 5.34. The van der Waals surface area contributed by atoms with Crippen LogP contribution in [0.25, 0.3) is 10.9 Å². The lowest BCUT2D eigenvalue weighted by molar-refractivity contribution is -0.110. The fraction of sp³-hybridized carbons (Fsp3) is 0.303. The van der Waals surface area contributed by atoms with Gasteiger partial charge in [0.15, 0.2) is 5.88 Å². The summed E-state index contributed by atoms with van der Waals surface area (Å²) in [5, 5.41) is 16.4. The molecule has 5 rings (SSSR count). The number of piperazine rings is 1. The highest BCUT2D eigenvalue weighted by molar-refractivity contribution is 6.22. The van der Waals surface area contributed by atoms with Crippen LogP contribution in [0.1, 0.15) is 44.3 Å². The number of methoxy groups -OCH3 is 1. The molecule has 1 atom stereocenters. The third-order valence-electron chi connectivity index (χ3n) is 7.60. The van der Waals surface area contributed by atoms with E-state index in [9.17, 15) is 14.7 Å². The monoisotopic (exact) mass is 583 g/mol. The second-order valence-corrected chi connectivity index (χ2v) is 10.7. The summed E-state index contributed by atoms with van der Waals surface area (Å²) in [6, 6.07) is 20.4. The van der Waals surface area contributed by atoms with Gasteiger partial charge >= 0.3 is 5.97 Å². The van der Waals surface area contributed by atoms with Gasteiger partial charge in [0.05, 0.1) is 36.2 Å². The third-order valence-corrected chi connectivity index (χ3v) is 7.60. The van der Waals surface area contributed by atoms with Crippen molar-refractivity contribution in [3.05, 3.63) is 94.5 Å². The van der Waals surface area contributed by atoms with E-state index >= 15 is 0 Å². The number of rotatable bonds is 9. The minimum absolute atomic E-state index is 0.0696. The average Bonchev–Trinajstić information content (AvgIpc) is 3.33. The van der Waals surface area contributed by atoms with Gasteiger partial charge in [0.1, 0.15) is 0 Å². The van der Waals surface area contributed by atoms with Crippen LogP contribution in [0.4, 0.5) is 5.69 Å². The zero-order valence-electron chi connectivity index (χ0n) is 24.9. The Labute approximate surface area is 250 Å². The van der Waals surface area contributed by atoms with Crippen LogP contribution >= 0.6 is 0 Å². The van der Waals surface area contributed by atoms with Crippen LogP contribution in [0.3, 0.4) is 0 Å². The number of hydroxylamine groups is 2. The number of amides is 1. The molecule has 224 valence electrons. The van der Waals surface area contributed by atoms with Crippen LogP contribution in [0, 0.1) is 6.92 Å². The summed E-state index contributed by atoms with van der Waals surface area (Å²) < 4.78 is 4.91. The quantitative estimate of drug-likeness (QED) is 0.151. The van der Waals surface area contributed by atoms with E-state index < -0.39 is 5.97 Å². The molecule has 0 unspecified atom stereocenters. The third kappa shape index (κ3) is 6.77. The molecule has 3 aromatic carbocycles. The van der Waals surface area contributed by atoms with Crippen molar-refractivity contribution in [3.63, 3.8) is 0 Å². The van der Waals surface area contributed by atoms with Gasteiger partial charge in [0.25, 0.3) is 5.91 Å².